The smallest absolute Gasteiger partial charge is 0.260 e. The van der Waals surface area contributed by atoms with Gasteiger partial charge in [-0.1, -0.05) is 18.2 Å². The van der Waals surface area contributed by atoms with Gasteiger partial charge in [0.1, 0.15) is 5.75 Å². The van der Waals surface area contributed by atoms with Crippen LogP contribution in [0.1, 0.15) is 25.3 Å². The maximum absolute atomic E-state index is 12.2. The highest BCUT2D eigenvalue weighted by atomic mass is 16.5. The standard InChI is InChI=1S/C16H24N2O3/c1-12(19)13-6-8-18(9-7-13)16(20)11-21-15-5-3-2-4-14(15)10-17/h2-5,12-13,19H,6-11,17H2,1H3. The summed E-state index contributed by atoms with van der Waals surface area (Å²) >= 11 is 0. The number of hydrogen-bond acceptors (Lipinski definition) is 4. The molecule has 0 spiro atoms. The molecule has 1 aliphatic heterocycles. The van der Waals surface area contributed by atoms with Crippen molar-refractivity contribution in [3.05, 3.63) is 29.8 Å². The van der Waals surface area contributed by atoms with Crippen LogP contribution in [0.4, 0.5) is 0 Å². The van der Waals surface area contributed by atoms with Gasteiger partial charge >= 0.3 is 0 Å². The van der Waals surface area contributed by atoms with E-state index >= 15 is 0 Å². The largest absolute Gasteiger partial charge is 0.483 e. The summed E-state index contributed by atoms with van der Waals surface area (Å²) in [7, 11) is 0. The Balaban J connectivity index is 1.83. The maximum atomic E-state index is 12.2. The SMILES string of the molecule is CC(O)C1CCN(C(=O)COc2ccccc2CN)CC1. The molecule has 1 saturated heterocycles. The van der Waals surface area contributed by atoms with Gasteiger partial charge in [0, 0.05) is 25.2 Å². The molecule has 5 heteroatoms. The molecule has 116 valence electrons. The van der Waals surface area contributed by atoms with E-state index in [1.807, 2.05) is 36.1 Å². The minimum Gasteiger partial charge on any atom is -0.483 e. The van der Waals surface area contributed by atoms with E-state index < -0.39 is 0 Å². The molecule has 1 aromatic carbocycles. The van der Waals surface area contributed by atoms with Crippen LogP contribution in [-0.4, -0.2) is 41.7 Å². The second-order valence-electron chi connectivity index (χ2n) is 5.56. The fourth-order valence-corrected chi connectivity index (χ4v) is 2.68. The van der Waals surface area contributed by atoms with Gasteiger partial charge in [-0.05, 0) is 31.7 Å². The molecule has 0 aliphatic carbocycles. The van der Waals surface area contributed by atoms with E-state index in [0.29, 0.717) is 31.3 Å². The third kappa shape index (κ3) is 4.19. The summed E-state index contributed by atoms with van der Waals surface area (Å²) in [6, 6.07) is 7.49. The number of ether oxygens (including phenoxy) is 1. The second-order valence-corrected chi connectivity index (χ2v) is 5.56. The Labute approximate surface area is 125 Å². The minimum atomic E-state index is -0.296. The van der Waals surface area contributed by atoms with Crippen LogP contribution in [0, 0.1) is 5.92 Å². The highest BCUT2D eigenvalue weighted by Crippen LogP contribution is 2.21. The van der Waals surface area contributed by atoms with E-state index in [1.165, 1.54) is 0 Å². The highest BCUT2D eigenvalue weighted by Gasteiger charge is 2.25. The van der Waals surface area contributed by atoms with Crippen LogP contribution in [0.3, 0.4) is 0 Å². The van der Waals surface area contributed by atoms with Gasteiger partial charge in [0.2, 0.25) is 0 Å². The summed E-state index contributed by atoms with van der Waals surface area (Å²) in [5.41, 5.74) is 6.55. The van der Waals surface area contributed by atoms with E-state index in [0.717, 1.165) is 18.4 Å². The van der Waals surface area contributed by atoms with E-state index in [9.17, 15) is 9.90 Å². The molecule has 0 aromatic heterocycles. The highest BCUT2D eigenvalue weighted by molar-refractivity contribution is 5.77. The first-order chi connectivity index (χ1) is 10.1. The van der Waals surface area contributed by atoms with Crippen molar-refractivity contribution in [2.45, 2.75) is 32.4 Å². The van der Waals surface area contributed by atoms with Gasteiger partial charge in [-0.3, -0.25) is 4.79 Å². The number of piperidine rings is 1. The van der Waals surface area contributed by atoms with Gasteiger partial charge in [-0.2, -0.15) is 0 Å². The topological polar surface area (TPSA) is 75.8 Å². The number of amides is 1. The van der Waals surface area contributed by atoms with Crippen LogP contribution in [-0.2, 0) is 11.3 Å². The number of benzene rings is 1. The first kappa shape index (κ1) is 15.8. The number of para-hydroxylation sites is 1. The molecule has 1 atom stereocenters. The number of aliphatic hydroxyl groups excluding tert-OH is 1. The Morgan fingerprint density at radius 2 is 2.10 bits per heavy atom. The van der Waals surface area contributed by atoms with Crippen LogP contribution >= 0.6 is 0 Å². The lowest BCUT2D eigenvalue weighted by Crippen LogP contribution is -2.42. The van der Waals surface area contributed by atoms with Gasteiger partial charge in [-0.25, -0.2) is 0 Å². The Hall–Kier alpha value is -1.59. The van der Waals surface area contributed by atoms with Crippen molar-refractivity contribution in [1.82, 2.24) is 4.90 Å². The quantitative estimate of drug-likeness (QED) is 0.853. The number of carbonyl (C=O) groups is 1. The summed E-state index contributed by atoms with van der Waals surface area (Å²) < 4.78 is 5.60. The Morgan fingerprint density at radius 3 is 2.71 bits per heavy atom. The number of nitrogens with zero attached hydrogens (tertiary/aromatic N) is 1. The fourth-order valence-electron chi connectivity index (χ4n) is 2.68. The van der Waals surface area contributed by atoms with Crippen molar-refractivity contribution in [3.63, 3.8) is 0 Å². The zero-order valence-electron chi connectivity index (χ0n) is 12.5. The molecule has 1 unspecified atom stereocenters. The molecule has 2 rings (SSSR count). The van der Waals surface area contributed by atoms with Crippen molar-refractivity contribution < 1.29 is 14.6 Å². The molecule has 5 nitrogen and oxygen atoms in total. The molecule has 0 bridgehead atoms. The lowest BCUT2D eigenvalue weighted by Gasteiger charge is -2.33. The van der Waals surface area contributed by atoms with E-state index in [4.69, 9.17) is 10.5 Å². The number of nitrogens with two attached hydrogens (primary N) is 1. The van der Waals surface area contributed by atoms with E-state index in [-0.39, 0.29) is 18.6 Å². The molecule has 1 aliphatic rings. The third-order valence-corrected chi connectivity index (χ3v) is 4.12. The number of aliphatic hydroxyl groups is 1. The Bertz CT molecular complexity index is 468. The summed E-state index contributed by atoms with van der Waals surface area (Å²) in [6.07, 6.45) is 1.40. The van der Waals surface area contributed by atoms with Gasteiger partial charge in [0.05, 0.1) is 6.10 Å². The zero-order valence-corrected chi connectivity index (χ0v) is 12.5. The van der Waals surface area contributed by atoms with Crippen LogP contribution in [0.2, 0.25) is 0 Å². The number of hydrogen-bond donors (Lipinski definition) is 2. The van der Waals surface area contributed by atoms with Crippen LogP contribution in [0.25, 0.3) is 0 Å². The minimum absolute atomic E-state index is 0.00846. The van der Waals surface area contributed by atoms with Gasteiger partial charge in [0.25, 0.3) is 5.91 Å². The van der Waals surface area contributed by atoms with Crippen molar-refractivity contribution in [3.8, 4) is 5.75 Å². The van der Waals surface area contributed by atoms with E-state index in [1.54, 1.807) is 0 Å². The van der Waals surface area contributed by atoms with Crippen LogP contribution in [0.5, 0.6) is 5.75 Å². The molecule has 21 heavy (non-hydrogen) atoms. The molecule has 1 amide bonds. The summed E-state index contributed by atoms with van der Waals surface area (Å²) in [5.74, 6) is 0.964. The molecule has 1 aromatic rings. The van der Waals surface area contributed by atoms with Crippen LogP contribution in [0.15, 0.2) is 24.3 Å². The molecular weight excluding hydrogens is 268 g/mol. The predicted molar refractivity (Wildman–Crippen MR) is 80.8 cm³/mol. The third-order valence-electron chi connectivity index (χ3n) is 4.12. The zero-order chi connectivity index (χ0) is 15.2. The Morgan fingerprint density at radius 1 is 1.43 bits per heavy atom. The van der Waals surface area contributed by atoms with Crippen LogP contribution < -0.4 is 10.5 Å². The summed E-state index contributed by atoms with van der Waals surface area (Å²) in [6.45, 7) is 3.63. The van der Waals surface area contributed by atoms with Gasteiger partial charge in [-0.15, -0.1) is 0 Å². The lowest BCUT2D eigenvalue weighted by atomic mass is 9.92. The van der Waals surface area contributed by atoms with Crippen molar-refractivity contribution in [2.75, 3.05) is 19.7 Å². The normalized spacial score (nSPS) is 17.6. The average molecular weight is 292 g/mol. The summed E-state index contributed by atoms with van der Waals surface area (Å²) in [5, 5.41) is 9.57. The second kappa shape index (κ2) is 7.43. The number of carbonyl (C=O) groups excluding carboxylic acids is 1. The van der Waals surface area contributed by atoms with Crippen molar-refractivity contribution in [2.24, 2.45) is 11.7 Å². The molecule has 3 N–H and O–H groups in total. The predicted octanol–water partition coefficient (Wildman–Crippen LogP) is 1.14. The van der Waals surface area contributed by atoms with Gasteiger partial charge < -0.3 is 20.5 Å². The first-order valence-electron chi connectivity index (χ1n) is 7.48. The van der Waals surface area contributed by atoms with E-state index in [2.05, 4.69) is 0 Å². The summed E-state index contributed by atoms with van der Waals surface area (Å²) in [4.78, 5) is 14.0. The maximum Gasteiger partial charge on any atom is 0.260 e. The molecule has 0 radical (unpaired) electrons. The Kier molecular flexibility index (Phi) is 5.59. The van der Waals surface area contributed by atoms with Crippen molar-refractivity contribution in [1.29, 1.82) is 0 Å². The molecular formula is C16H24N2O3. The monoisotopic (exact) mass is 292 g/mol. The number of likely N-dealkylation sites (tertiary alicyclic amines) is 1. The first-order valence-corrected chi connectivity index (χ1v) is 7.48. The van der Waals surface area contributed by atoms with Gasteiger partial charge in [0.15, 0.2) is 6.61 Å². The number of rotatable bonds is 5. The van der Waals surface area contributed by atoms with Crippen molar-refractivity contribution >= 4 is 5.91 Å². The average Bonchev–Trinajstić information content (AvgIpc) is 2.52. The lowest BCUT2D eigenvalue weighted by molar-refractivity contribution is -0.135. The molecule has 1 heterocycles. The fraction of sp³-hybridized carbons (Fsp3) is 0.562. The molecule has 0 saturated carbocycles. The molecule has 1 fully saturated rings.